The van der Waals surface area contributed by atoms with Crippen molar-refractivity contribution >= 4 is 31.6 Å². The molecular weight excluding hydrogens is 310 g/mol. The standard InChI is InChI=1S/C10H14FIOSi/c1-14(2)13-10(7-12)8-3-5-9(11)6-4-8/h3-6,10,14H,7H2,1-2H3/t10-/m0/s1. The largest absolute Gasteiger partial charge is 0.413 e. The second-order valence-corrected chi connectivity index (χ2v) is 6.63. The van der Waals surface area contributed by atoms with Crippen LogP contribution in [0.1, 0.15) is 11.7 Å². The van der Waals surface area contributed by atoms with Crippen LogP contribution in [-0.2, 0) is 4.43 Å². The third-order valence-electron chi connectivity index (χ3n) is 1.82. The molecule has 4 heteroatoms. The molecule has 0 aliphatic heterocycles. The number of hydrogen-bond acceptors (Lipinski definition) is 1. The van der Waals surface area contributed by atoms with Crippen LogP contribution in [0.15, 0.2) is 24.3 Å². The van der Waals surface area contributed by atoms with Gasteiger partial charge in [0, 0.05) is 4.43 Å². The Balaban J connectivity index is 2.73. The Morgan fingerprint density at radius 2 is 1.93 bits per heavy atom. The zero-order valence-electron chi connectivity index (χ0n) is 8.34. The molecular formula is C10H14FIOSi. The highest BCUT2D eigenvalue weighted by Gasteiger charge is 2.12. The van der Waals surface area contributed by atoms with E-state index < -0.39 is 9.04 Å². The van der Waals surface area contributed by atoms with E-state index in [-0.39, 0.29) is 11.9 Å². The third kappa shape index (κ3) is 3.66. The van der Waals surface area contributed by atoms with Crippen LogP contribution in [0.5, 0.6) is 0 Å². The van der Waals surface area contributed by atoms with Crippen LogP contribution >= 0.6 is 22.6 Å². The zero-order chi connectivity index (χ0) is 10.6. The first kappa shape index (κ1) is 12.1. The topological polar surface area (TPSA) is 9.23 Å². The van der Waals surface area contributed by atoms with E-state index in [4.69, 9.17) is 4.43 Å². The van der Waals surface area contributed by atoms with E-state index >= 15 is 0 Å². The first-order valence-electron chi connectivity index (χ1n) is 4.60. The van der Waals surface area contributed by atoms with E-state index in [0.717, 1.165) is 9.99 Å². The number of hydrogen-bond donors (Lipinski definition) is 0. The maximum absolute atomic E-state index is 12.7. The lowest BCUT2D eigenvalue weighted by atomic mass is 10.1. The average molecular weight is 324 g/mol. The fourth-order valence-corrected chi connectivity index (χ4v) is 3.23. The van der Waals surface area contributed by atoms with Gasteiger partial charge >= 0.3 is 0 Å². The number of halogens is 2. The van der Waals surface area contributed by atoms with Gasteiger partial charge in [-0.25, -0.2) is 4.39 Å². The molecule has 1 rings (SSSR count). The van der Waals surface area contributed by atoms with Gasteiger partial charge in [-0.15, -0.1) is 0 Å². The van der Waals surface area contributed by atoms with Gasteiger partial charge < -0.3 is 4.43 Å². The Hall–Kier alpha value is 0.0569. The minimum atomic E-state index is -1.03. The lowest BCUT2D eigenvalue weighted by Crippen LogP contribution is -2.15. The van der Waals surface area contributed by atoms with Gasteiger partial charge in [0.25, 0.3) is 0 Å². The quantitative estimate of drug-likeness (QED) is 0.469. The molecule has 0 aliphatic carbocycles. The molecule has 1 aromatic carbocycles. The van der Waals surface area contributed by atoms with Gasteiger partial charge in [-0.3, -0.25) is 0 Å². The van der Waals surface area contributed by atoms with Crippen molar-refractivity contribution < 1.29 is 8.82 Å². The minimum absolute atomic E-state index is 0.128. The van der Waals surface area contributed by atoms with E-state index in [1.807, 2.05) is 0 Å². The first-order valence-corrected chi connectivity index (χ1v) is 8.91. The molecule has 1 nitrogen and oxygen atoms in total. The van der Waals surface area contributed by atoms with Crippen molar-refractivity contribution in [3.05, 3.63) is 35.6 Å². The van der Waals surface area contributed by atoms with Crippen molar-refractivity contribution in [3.63, 3.8) is 0 Å². The third-order valence-corrected chi connectivity index (χ3v) is 3.49. The summed E-state index contributed by atoms with van der Waals surface area (Å²) in [7, 11) is -1.03. The summed E-state index contributed by atoms with van der Waals surface area (Å²) >= 11 is 2.30. The second-order valence-electron chi connectivity index (χ2n) is 3.38. The van der Waals surface area contributed by atoms with Crippen molar-refractivity contribution in [1.82, 2.24) is 0 Å². The Kier molecular flexibility index (Phi) is 5.04. The lowest BCUT2D eigenvalue weighted by molar-refractivity contribution is 0.239. The summed E-state index contributed by atoms with van der Waals surface area (Å²) in [5, 5.41) is 0. The van der Waals surface area contributed by atoms with Gasteiger partial charge in [0.05, 0.1) is 6.10 Å². The Morgan fingerprint density at radius 1 is 1.36 bits per heavy atom. The summed E-state index contributed by atoms with van der Waals surface area (Å²) in [6, 6.07) is 6.57. The molecule has 1 atom stereocenters. The van der Waals surface area contributed by atoms with Gasteiger partial charge in [-0.2, -0.15) is 0 Å². The van der Waals surface area contributed by atoms with Crippen LogP contribution in [0.25, 0.3) is 0 Å². The van der Waals surface area contributed by atoms with Crippen LogP contribution in [0.2, 0.25) is 13.1 Å². The molecule has 0 saturated carbocycles. The monoisotopic (exact) mass is 324 g/mol. The summed E-state index contributed by atoms with van der Waals surface area (Å²) in [6.07, 6.45) is 0.128. The lowest BCUT2D eigenvalue weighted by Gasteiger charge is -2.18. The van der Waals surface area contributed by atoms with Crippen molar-refractivity contribution in [1.29, 1.82) is 0 Å². The van der Waals surface area contributed by atoms with Gasteiger partial charge in [-0.1, -0.05) is 34.7 Å². The highest BCUT2D eigenvalue weighted by molar-refractivity contribution is 14.1. The molecule has 0 amide bonds. The number of rotatable bonds is 4. The molecule has 0 N–H and O–H groups in total. The molecule has 0 unspecified atom stereocenters. The SMILES string of the molecule is C[SiH](C)O[C@@H](CI)c1ccc(F)cc1. The molecule has 0 saturated heterocycles. The fourth-order valence-electron chi connectivity index (χ4n) is 1.21. The van der Waals surface area contributed by atoms with Gasteiger partial charge in [-0.05, 0) is 30.8 Å². The Morgan fingerprint density at radius 3 is 2.36 bits per heavy atom. The fraction of sp³-hybridized carbons (Fsp3) is 0.400. The van der Waals surface area contributed by atoms with Crippen molar-refractivity contribution in [2.24, 2.45) is 0 Å². The summed E-state index contributed by atoms with van der Waals surface area (Å²) in [6.45, 7) is 4.28. The summed E-state index contributed by atoms with van der Waals surface area (Å²) in [4.78, 5) is 0. The van der Waals surface area contributed by atoms with Gasteiger partial charge in [0.1, 0.15) is 5.82 Å². The first-order chi connectivity index (χ1) is 6.63. The normalized spacial score (nSPS) is 13.2. The molecule has 0 fully saturated rings. The maximum Gasteiger partial charge on any atom is 0.171 e. The molecule has 0 aliphatic rings. The summed E-state index contributed by atoms with van der Waals surface area (Å²) < 4.78 is 19.4. The van der Waals surface area contributed by atoms with E-state index in [1.165, 1.54) is 12.1 Å². The van der Waals surface area contributed by atoms with E-state index in [2.05, 4.69) is 35.7 Å². The predicted octanol–water partition coefficient (Wildman–Crippen LogP) is 3.30. The van der Waals surface area contributed by atoms with Crippen LogP contribution < -0.4 is 0 Å². The maximum atomic E-state index is 12.7. The number of benzene rings is 1. The van der Waals surface area contributed by atoms with Crippen LogP contribution in [0, 0.1) is 5.82 Å². The number of alkyl halides is 1. The Labute approximate surface area is 99.5 Å². The van der Waals surface area contributed by atoms with E-state index in [1.54, 1.807) is 12.1 Å². The van der Waals surface area contributed by atoms with Crippen molar-refractivity contribution in [2.45, 2.75) is 19.2 Å². The van der Waals surface area contributed by atoms with Crippen LogP contribution in [0.3, 0.4) is 0 Å². The molecule has 0 radical (unpaired) electrons. The zero-order valence-corrected chi connectivity index (χ0v) is 11.6. The summed E-state index contributed by atoms with van der Waals surface area (Å²) in [5.74, 6) is -0.192. The van der Waals surface area contributed by atoms with Crippen molar-refractivity contribution in [3.8, 4) is 0 Å². The highest BCUT2D eigenvalue weighted by Crippen LogP contribution is 2.21. The smallest absolute Gasteiger partial charge is 0.171 e. The molecule has 0 aromatic heterocycles. The Bertz CT molecular complexity index is 276. The molecule has 14 heavy (non-hydrogen) atoms. The highest BCUT2D eigenvalue weighted by atomic mass is 127. The van der Waals surface area contributed by atoms with Crippen molar-refractivity contribution in [2.75, 3.05) is 4.43 Å². The molecule has 0 bridgehead atoms. The van der Waals surface area contributed by atoms with Gasteiger partial charge in [0.15, 0.2) is 9.04 Å². The van der Waals surface area contributed by atoms with E-state index in [9.17, 15) is 4.39 Å². The second kappa shape index (κ2) is 5.82. The van der Waals surface area contributed by atoms with Gasteiger partial charge in [0.2, 0.25) is 0 Å². The summed E-state index contributed by atoms with van der Waals surface area (Å²) in [5.41, 5.74) is 1.07. The molecule has 0 spiro atoms. The van der Waals surface area contributed by atoms with Crippen LogP contribution in [0.4, 0.5) is 4.39 Å². The average Bonchev–Trinajstić information content (AvgIpc) is 2.15. The molecule has 1 aromatic rings. The molecule has 78 valence electrons. The molecule has 0 heterocycles. The van der Waals surface area contributed by atoms with Crippen LogP contribution in [-0.4, -0.2) is 13.5 Å². The predicted molar refractivity (Wildman–Crippen MR) is 68.0 cm³/mol. The van der Waals surface area contributed by atoms with E-state index in [0.29, 0.717) is 0 Å². The minimum Gasteiger partial charge on any atom is -0.413 e.